The molecule has 2 aliphatic rings. The van der Waals surface area contributed by atoms with E-state index < -0.39 is 11.2 Å². The summed E-state index contributed by atoms with van der Waals surface area (Å²) in [5.74, 6) is 0.969. The van der Waals surface area contributed by atoms with Crippen LogP contribution in [0.5, 0.6) is 5.75 Å². The monoisotopic (exact) mass is 537 g/mol. The zero-order chi connectivity index (χ0) is 26.8. The van der Waals surface area contributed by atoms with Gasteiger partial charge in [0.05, 0.1) is 42.2 Å². The number of ether oxygens (including phenoxy) is 3. The van der Waals surface area contributed by atoms with Crippen molar-refractivity contribution in [1.82, 2.24) is 9.88 Å². The molecule has 0 N–H and O–H groups in total. The Morgan fingerprint density at radius 1 is 1.16 bits per heavy atom. The summed E-state index contributed by atoms with van der Waals surface area (Å²) >= 11 is 1.56. The number of benzene rings is 2. The van der Waals surface area contributed by atoms with Crippen molar-refractivity contribution in [3.05, 3.63) is 84.3 Å². The third kappa shape index (κ3) is 5.43. The van der Waals surface area contributed by atoms with E-state index in [0.717, 1.165) is 29.0 Å². The van der Waals surface area contributed by atoms with Gasteiger partial charge in [-0.05, 0) is 43.9 Å². The number of methoxy groups -OCH3 is 1. The molecule has 10 heteroatoms. The van der Waals surface area contributed by atoms with Crippen LogP contribution in [0.15, 0.2) is 35.7 Å². The van der Waals surface area contributed by atoms with Gasteiger partial charge in [0, 0.05) is 36.0 Å². The summed E-state index contributed by atoms with van der Waals surface area (Å²) in [6.07, 6.45) is 1.41. The number of likely N-dealkylation sites (tertiary alicyclic amines) is 1. The van der Waals surface area contributed by atoms with E-state index in [1.165, 1.54) is 18.7 Å². The molecule has 1 amide bonds. The van der Waals surface area contributed by atoms with Gasteiger partial charge in [-0.15, -0.1) is 11.3 Å². The number of piperidine rings is 1. The van der Waals surface area contributed by atoms with Crippen molar-refractivity contribution in [2.75, 3.05) is 20.2 Å². The SMILES string of the molecule is COc1ccc([N+](=O)[O-])c2c1COC(c1csc(C3CCN(C(=O)Cc4cc(C)ccc4C)CC3)n1)OC2. The molecular weight excluding hydrogens is 506 g/mol. The number of carbonyl (C=O) groups excluding carboxylic acids is 1. The van der Waals surface area contributed by atoms with Crippen LogP contribution in [0.3, 0.4) is 0 Å². The van der Waals surface area contributed by atoms with Crippen LogP contribution in [0.4, 0.5) is 5.69 Å². The molecule has 200 valence electrons. The van der Waals surface area contributed by atoms with Crippen molar-refractivity contribution < 1.29 is 23.9 Å². The van der Waals surface area contributed by atoms with E-state index >= 15 is 0 Å². The van der Waals surface area contributed by atoms with E-state index in [9.17, 15) is 14.9 Å². The Morgan fingerprint density at radius 3 is 2.61 bits per heavy atom. The number of hydrogen-bond acceptors (Lipinski definition) is 8. The van der Waals surface area contributed by atoms with E-state index in [1.807, 2.05) is 24.1 Å². The highest BCUT2D eigenvalue weighted by Crippen LogP contribution is 2.38. The minimum atomic E-state index is -0.726. The molecule has 9 nitrogen and oxygen atoms in total. The number of nitro benzene ring substituents is 1. The normalized spacial score (nSPS) is 18.1. The summed E-state index contributed by atoms with van der Waals surface area (Å²) in [7, 11) is 1.53. The number of aryl methyl sites for hydroxylation is 2. The molecule has 1 unspecified atom stereocenters. The predicted molar refractivity (Wildman–Crippen MR) is 142 cm³/mol. The minimum absolute atomic E-state index is 0.0112. The number of carbonyl (C=O) groups is 1. The van der Waals surface area contributed by atoms with Gasteiger partial charge in [0.2, 0.25) is 12.2 Å². The van der Waals surface area contributed by atoms with Gasteiger partial charge in [0.1, 0.15) is 11.4 Å². The minimum Gasteiger partial charge on any atom is -0.496 e. The van der Waals surface area contributed by atoms with Crippen LogP contribution in [-0.2, 0) is 33.9 Å². The molecular formula is C28H31N3O6S. The van der Waals surface area contributed by atoms with Crippen LogP contribution in [0, 0.1) is 24.0 Å². The highest BCUT2D eigenvalue weighted by Gasteiger charge is 2.30. The fraction of sp³-hybridized carbons (Fsp3) is 0.429. The second-order valence-electron chi connectivity index (χ2n) is 9.83. The zero-order valence-electron chi connectivity index (χ0n) is 21.8. The third-order valence-electron chi connectivity index (χ3n) is 7.36. The smallest absolute Gasteiger partial charge is 0.275 e. The molecule has 2 aromatic carbocycles. The summed E-state index contributed by atoms with van der Waals surface area (Å²) in [6.45, 7) is 5.66. The molecule has 3 heterocycles. The van der Waals surface area contributed by atoms with Gasteiger partial charge in [-0.3, -0.25) is 14.9 Å². The van der Waals surface area contributed by atoms with Crippen molar-refractivity contribution in [2.45, 2.75) is 58.5 Å². The standard InChI is InChI=1S/C28H31N3O6S/c1-17-4-5-18(2)20(12-17)13-26(32)30-10-8-19(9-11-30)27-29-23(16-38-27)28-36-14-21-22(15-37-28)25(35-3)7-6-24(21)31(33)34/h4-7,12,16,19,28H,8-11,13-15H2,1-3H3. The van der Waals surface area contributed by atoms with E-state index in [2.05, 4.69) is 18.2 Å². The van der Waals surface area contributed by atoms with Crippen LogP contribution in [0.1, 0.15) is 63.6 Å². The lowest BCUT2D eigenvalue weighted by Gasteiger charge is -2.31. The summed E-state index contributed by atoms with van der Waals surface area (Å²) in [4.78, 5) is 30.9. The lowest BCUT2D eigenvalue weighted by atomic mass is 9.96. The van der Waals surface area contributed by atoms with Gasteiger partial charge in [0.15, 0.2) is 0 Å². The Hall–Kier alpha value is -3.34. The first-order chi connectivity index (χ1) is 18.3. The first-order valence-corrected chi connectivity index (χ1v) is 13.6. The average molecular weight is 538 g/mol. The van der Waals surface area contributed by atoms with Crippen LogP contribution in [-0.4, -0.2) is 40.9 Å². The van der Waals surface area contributed by atoms with Crippen molar-refractivity contribution in [1.29, 1.82) is 0 Å². The number of amides is 1. The molecule has 1 fully saturated rings. The first-order valence-electron chi connectivity index (χ1n) is 12.7. The summed E-state index contributed by atoms with van der Waals surface area (Å²) in [5.41, 5.74) is 5.14. The second-order valence-corrected chi connectivity index (χ2v) is 10.7. The molecule has 1 aromatic heterocycles. The fourth-order valence-electron chi connectivity index (χ4n) is 5.12. The van der Waals surface area contributed by atoms with Gasteiger partial charge in [-0.1, -0.05) is 23.8 Å². The predicted octanol–water partition coefficient (Wildman–Crippen LogP) is 5.37. The molecule has 1 atom stereocenters. The Bertz CT molecular complexity index is 1350. The highest BCUT2D eigenvalue weighted by molar-refractivity contribution is 7.09. The van der Waals surface area contributed by atoms with Crippen LogP contribution in [0.2, 0.25) is 0 Å². The van der Waals surface area contributed by atoms with Gasteiger partial charge in [-0.25, -0.2) is 4.98 Å². The van der Waals surface area contributed by atoms with Crippen molar-refractivity contribution >= 4 is 22.9 Å². The van der Waals surface area contributed by atoms with E-state index in [-0.39, 0.29) is 30.7 Å². The molecule has 3 aromatic rings. The maximum Gasteiger partial charge on any atom is 0.275 e. The number of thiazole rings is 1. The first kappa shape index (κ1) is 26.3. The van der Waals surface area contributed by atoms with E-state index in [0.29, 0.717) is 42.1 Å². The molecule has 2 aliphatic heterocycles. The summed E-state index contributed by atoms with van der Waals surface area (Å²) in [6, 6.07) is 9.26. The number of nitro groups is 1. The maximum atomic E-state index is 13.0. The Balaban J connectivity index is 1.21. The molecule has 0 bridgehead atoms. The summed E-state index contributed by atoms with van der Waals surface area (Å²) < 4.78 is 17.3. The van der Waals surface area contributed by atoms with Gasteiger partial charge < -0.3 is 19.1 Å². The number of rotatable bonds is 6. The van der Waals surface area contributed by atoms with Crippen molar-refractivity contribution in [2.24, 2.45) is 0 Å². The number of aromatic nitrogens is 1. The second kappa shape index (κ2) is 11.2. The van der Waals surface area contributed by atoms with Crippen LogP contribution in [0.25, 0.3) is 0 Å². The number of hydrogen-bond donors (Lipinski definition) is 0. The molecule has 0 aliphatic carbocycles. The maximum absolute atomic E-state index is 13.0. The summed E-state index contributed by atoms with van der Waals surface area (Å²) in [5, 5.41) is 14.5. The topological polar surface area (TPSA) is 104 Å². The van der Waals surface area contributed by atoms with Crippen LogP contribution >= 0.6 is 11.3 Å². The molecule has 1 saturated heterocycles. The Labute approximate surface area is 225 Å². The van der Waals surface area contributed by atoms with Gasteiger partial charge in [0.25, 0.3) is 5.69 Å². The van der Waals surface area contributed by atoms with Gasteiger partial charge >= 0.3 is 0 Å². The number of nitrogens with zero attached hydrogens (tertiary/aromatic N) is 3. The Kier molecular flexibility index (Phi) is 7.73. The fourth-order valence-corrected chi connectivity index (χ4v) is 6.11. The molecule has 38 heavy (non-hydrogen) atoms. The van der Waals surface area contributed by atoms with Crippen molar-refractivity contribution in [3.63, 3.8) is 0 Å². The molecule has 0 radical (unpaired) electrons. The molecule has 0 saturated carbocycles. The number of fused-ring (bicyclic) bond motifs is 1. The van der Waals surface area contributed by atoms with Crippen molar-refractivity contribution in [3.8, 4) is 5.75 Å². The highest BCUT2D eigenvalue weighted by atomic mass is 32.1. The lowest BCUT2D eigenvalue weighted by molar-refractivity contribution is -0.386. The molecule has 5 rings (SSSR count). The van der Waals surface area contributed by atoms with Crippen LogP contribution < -0.4 is 4.74 Å². The van der Waals surface area contributed by atoms with Gasteiger partial charge in [-0.2, -0.15) is 0 Å². The average Bonchev–Trinajstić information content (AvgIpc) is 3.30. The third-order valence-corrected chi connectivity index (χ3v) is 8.39. The van der Waals surface area contributed by atoms with E-state index in [4.69, 9.17) is 19.2 Å². The largest absolute Gasteiger partial charge is 0.496 e. The molecule has 0 spiro atoms. The van der Waals surface area contributed by atoms with E-state index in [1.54, 1.807) is 17.4 Å². The quantitative estimate of drug-likeness (QED) is 0.307. The zero-order valence-corrected chi connectivity index (χ0v) is 22.6. The lowest BCUT2D eigenvalue weighted by Crippen LogP contribution is -2.38. The Morgan fingerprint density at radius 2 is 1.89 bits per heavy atom.